The monoisotopic (exact) mass is 523 g/mol. The van der Waals surface area contributed by atoms with Gasteiger partial charge < -0.3 is 20.2 Å². The molecule has 1 unspecified atom stereocenters. The Hall–Kier alpha value is -1.66. The predicted molar refractivity (Wildman–Crippen MR) is 142 cm³/mol. The molecule has 2 N–H and O–H groups in total. The number of likely N-dealkylation sites (tertiary alicyclic amines) is 1. The number of halogens is 3. The van der Waals surface area contributed by atoms with Gasteiger partial charge in [0.05, 0.1) is 23.2 Å². The summed E-state index contributed by atoms with van der Waals surface area (Å²) in [7, 11) is 0. The first-order valence-electron chi connectivity index (χ1n) is 12.0. The molecule has 2 saturated heterocycles. The number of carboxylic acids is 1. The van der Waals surface area contributed by atoms with Gasteiger partial charge in [-0.3, -0.25) is 4.79 Å². The Morgan fingerprint density at radius 1 is 1.03 bits per heavy atom. The molecule has 4 rings (SSSR count). The number of piperidine rings is 1. The number of hydrogen-bond donors (Lipinski definition) is 2. The molecule has 8 heteroatoms. The molecule has 2 atom stereocenters. The average Bonchev–Trinajstić information content (AvgIpc) is 3.28. The van der Waals surface area contributed by atoms with Crippen LogP contribution in [0.25, 0.3) is 0 Å². The second-order valence-corrected chi connectivity index (χ2v) is 10.8. The van der Waals surface area contributed by atoms with Crippen LogP contribution in [-0.2, 0) is 4.79 Å². The van der Waals surface area contributed by atoms with Crippen LogP contribution in [0.3, 0.4) is 0 Å². The molecule has 2 heterocycles. The first kappa shape index (κ1) is 25.4. The summed E-state index contributed by atoms with van der Waals surface area (Å²) in [4.78, 5) is 15.6. The highest BCUT2D eigenvalue weighted by molar-refractivity contribution is 6.35. The fourth-order valence-electron chi connectivity index (χ4n) is 5.32. The number of carbonyl (C=O) groups is 1. The average molecular weight is 525 g/mol. The Bertz CT molecular complexity index is 1010. The van der Waals surface area contributed by atoms with Crippen molar-refractivity contribution in [3.63, 3.8) is 0 Å². The molecule has 0 aliphatic carbocycles. The SMILES string of the molecule is C[C@@H](Nc1cc(N2CCC(C3CCN(CCC(=O)O)C3)CC2)ccc1Cl)c1ccc(Cl)cc1Cl. The Labute approximate surface area is 217 Å². The molecule has 0 bridgehead atoms. The van der Waals surface area contributed by atoms with Crippen molar-refractivity contribution in [1.82, 2.24) is 4.90 Å². The molecule has 2 aliphatic rings. The highest BCUT2D eigenvalue weighted by Gasteiger charge is 2.32. The Kier molecular flexibility index (Phi) is 8.52. The summed E-state index contributed by atoms with van der Waals surface area (Å²) >= 11 is 19.0. The number of hydrogen-bond acceptors (Lipinski definition) is 4. The predicted octanol–water partition coefficient (Wildman–Crippen LogP) is 6.83. The summed E-state index contributed by atoms with van der Waals surface area (Å²) in [5.74, 6) is 0.686. The Balaban J connectivity index is 1.34. The van der Waals surface area contributed by atoms with Gasteiger partial charge in [-0.1, -0.05) is 40.9 Å². The number of carboxylic acid groups (broad SMARTS) is 1. The van der Waals surface area contributed by atoms with Gasteiger partial charge in [0.2, 0.25) is 0 Å². The van der Waals surface area contributed by atoms with E-state index < -0.39 is 5.97 Å². The molecule has 184 valence electrons. The quantitative estimate of drug-likeness (QED) is 0.396. The van der Waals surface area contributed by atoms with Gasteiger partial charge in [0.1, 0.15) is 0 Å². The summed E-state index contributed by atoms with van der Waals surface area (Å²) in [6.07, 6.45) is 3.75. The zero-order valence-electron chi connectivity index (χ0n) is 19.4. The summed E-state index contributed by atoms with van der Waals surface area (Å²) in [6.45, 7) is 6.85. The van der Waals surface area contributed by atoms with Crippen LogP contribution in [0.1, 0.15) is 44.2 Å². The molecule has 0 radical (unpaired) electrons. The third-order valence-corrected chi connectivity index (χ3v) is 8.17. The minimum atomic E-state index is -0.709. The van der Waals surface area contributed by atoms with Gasteiger partial charge >= 0.3 is 5.97 Å². The van der Waals surface area contributed by atoms with Crippen molar-refractivity contribution in [3.8, 4) is 0 Å². The largest absolute Gasteiger partial charge is 0.481 e. The van der Waals surface area contributed by atoms with Gasteiger partial charge in [0.25, 0.3) is 0 Å². The highest BCUT2D eigenvalue weighted by atomic mass is 35.5. The minimum absolute atomic E-state index is 0.0188. The lowest BCUT2D eigenvalue weighted by atomic mass is 9.83. The normalized spacial score (nSPS) is 20.5. The van der Waals surface area contributed by atoms with E-state index in [1.807, 2.05) is 18.2 Å². The van der Waals surface area contributed by atoms with Gasteiger partial charge in [-0.05, 0) is 80.5 Å². The lowest BCUT2D eigenvalue weighted by molar-refractivity contribution is -0.137. The molecule has 0 saturated carbocycles. The van der Waals surface area contributed by atoms with Crippen LogP contribution >= 0.6 is 34.8 Å². The maximum atomic E-state index is 10.9. The Morgan fingerprint density at radius 2 is 1.76 bits per heavy atom. The van der Waals surface area contributed by atoms with Crippen LogP contribution in [0.4, 0.5) is 11.4 Å². The first-order chi connectivity index (χ1) is 16.3. The highest BCUT2D eigenvalue weighted by Crippen LogP contribution is 2.36. The van der Waals surface area contributed by atoms with E-state index in [1.165, 1.54) is 24.9 Å². The number of rotatable bonds is 8. The fourth-order valence-corrected chi connectivity index (χ4v) is 6.06. The van der Waals surface area contributed by atoms with Gasteiger partial charge in [0.15, 0.2) is 0 Å². The van der Waals surface area contributed by atoms with Crippen LogP contribution in [0.5, 0.6) is 0 Å². The van der Waals surface area contributed by atoms with Crippen molar-refractivity contribution in [3.05, 3.63) is 57.0 Å². The van der Waals surface area contributed by atoms with E-state index in [4.69, 9.17) is 39.9 Å². The zero-order chi connectivity index (χ0) is 24.2. The summed E-state index contributed by atoms with van der Waals surface area (Å²) in [5, 5.41) is 14.4. The lowest BCUT2D eigenvalue weighted by Crippen LogP contribution is -2.37. The molecule has 2 aromatic rings. The number of nitrogens with one attached hydrogen (secondary N) is 1. The third kappa shape index (κ3) is 6.31. The van der Waals surface area contributed by atoms with Gasteiger partial charge in [0, 0.05) is 41.9 Å². The molecule has 0 amide bonds. The van der Waals surface area contributed by atoms with Crippen LogP contribution in [-0.4, -0.2) is 48.7 Å². The third-order valence-electron chi connectivity index (χ3n) is 7.27. The fraction of sp³-hybridized carbons (Fsp3) is 0.500. The maximum Gasteiger partial charge on any atom is 0.304 e. The van der Waals surface area contributed by atoms with Gasteiger partial charge in [-0.15, -0.1) is 0 Å². The van der Waals surface area contributed by atoms with Crippen molar-refractivity contribution >= 4 is 52.1 Å². The minimum Gasteiger partial charge on any atom is -0.481 e. The van der Waals surface area contributed by atoms with E-state index in [0.717, 1.165) is 37.4 Å². The smallest absolute Gasteiger partial charge is 0.304 e. The van der Waals surface area contributed by atoms with Crippen LogP contribution < -0.4 is 10.2 Å². The molecule has 2 aliphatic heterocycles. The van der Waals surface area contributed by atoms with Crippen LogP contribution in [0.15, 0.2) is 36.4 Å². The first-order valence-corrected chi connectivity index (χ1v) is 13.1. The molecule has 0 aromatic heterocycles. The second kappa shape index (κ2) is 11.4. The van der Waals surface area contributed by atoms with Crippen molar-refractivity contribution in [2.75, 3.05) is 42.9 Å². The van der Waals surface area contributed by atoms with E-state index in [9.17, 15) is 4.79 Å². The molecule has 0 spiro atoms. The molecule has 2 fully saturated rings. The standard InChI is InChI=1S/C26H32Cl3N3O2/c1-17(22-4-2-20(27)14-24(22)29)30-25-15-21(3-5-23(25)28)32-12-7-18(8-13-32)19-6-10-31(16-19)11-9-26(33)34/h2-5,14-15,17-19,30H,6-13,16H2,1H3,(H,33,34)/t17-,19?/m1/s1. The number of aliphatic carboxylic acids is 1. The van der Waals surface area contributed by atoms with Crippen LogP contribution in [0.2, 0.25) is 15.1 Å². The van der Waals surface area contributed by atoms with E-state index in [1.54, 1.807) is 6.07 Å². The van der Waals surface area contributed by atoms with Crippen LogP contribution in [0, 0.1) is 11.8 Å². The molecule has 5 nitrogen and oxygen atoms in total. The van der Waals surface area contributed by atoms with Gasteiger partial charge in [-0.2, -0.15) is 0 Å². The molecule has 34 heavy (non-hydrogen) atoms. The number of benzene rings is 2. The van der Waals surface area contributed by atoms with Crippen molar-refractivity contribution in [2.24, 2.45) is 11.8 Å². The van der Waals surface area contributed by atoms with Crippen molar-refractivity contribution in [1.29, 1.82) is 0 Å². The maximum absolute atomic E-state index is 10.9. The lowest BCUT2D eigenvalue weighted by Gasteiger charge is -2.36. The second-order valence-electron chi connectivity index (χ2n) is 9.51. The Morgan fingerprint density at radius 3 is 2.47 bits per heavy atom. The van der Waals surface area contributed by atoms with E-state index in [0.29, 0.717) is 33.4 Å². The van der Waals surface area contributed by atoms with E-state index in [-0.39, 0.29) is 12.5 Å². The molecular weight excluding hydrogens is 493 g/mol. The summed E-state index contributed by atoms with van der Waals surface area (Å²) in [5.41, 5.74) is 3.04. The van der Waals surface area contributed by atoms with E-state index >= 15 is 0 Å². The number of nitrogens with zero attached hydrogens (tertiary/aromatic N) is 2. The summed E-state index contributed by atoms with van der Waals surface area (Å²) < 4.78 is 0. The topological polar surface area (TPSA) is 55.8 Å². The molecular formula is C26H32Cl3N3O2. The molecule has 2 aromatic carbocycles. The van der Waals surface area contributed by atoms with Crippen molar-refractivity contribution in [2.45, 2.75) is 38.6 Å². The van der Waals surface area contributed by atoms with Gasteiger partial charge in [-0.25, -0.2) is 0 Å². The number of anilines is 2. The zero-order valence-corrected chi connectivity index (χ0v) is 21.7. The van der Waals surface area contributed by atoms with E-state index in [2.05, 4.69) is 34.2 Å². The van der Waals surface area contributed by atoms with Crippen molar-refractivity contribution < 1.29 is 9.90 Å². The summed E-state index contributed by atoms with van der Waals surface area (Å²) in [6, 6.07) is 11.7.